The standard InChI is InChI=1S/C18H16N2O2S/c1-13(21)16-5-7-17(8-6-16)20-18(22)12-23-11-15-4-2-3-14(9-15)10-19/h2-9H,11-12H2,1H3,(H,20,22). The number of carbonyl (C=O) groups excluding carboxylic acids is 2. The zero-order valence-corrected chi connectivity index (χ0v) is 13.5. The molecule has 0 aliphatic heterocycles. The molecule has 0 fully saturated rings. The first kappa shape index (κ1) is 16.8. The lowest BCUT2D eigenvalue weighted by Crippen LogP contribution is -2.14. The average Bonchev–Trinajstić information content (AvgIpc) is 2.55. The molecule has 0 bridgehead atoms. The van der Waals surface area contributed by atoms with Crippen molar-refractivity contribution in [2.24, 2.45) is 0 Å². The fourth-order valence-corrected chi connectivity index (χ4v) is 2.75. The smallest absolute Gasteiger partial charge is 0.234 e. The van der Waals surface area contributed by atoms with Crippen molar-refractivity contribution in [2.45, 2.75) is 12.7 Å². The van der Waals surface area contributed by atoms with Gasteiger partial charge in [0.25, 0.3) is 0 Å². The predicted molar refractivity (Wildman–Crippen MR) is 92.4 cm³/mol. The molecule has 23 heavy (non-hydrogen) atoms. The fraction of sp³-hybridized carbons (Fsp3) is 0.167. The second-order valence-corrected chi connectivity index (χ2v) is 5.97. The molecule has 0 heterocycles. The minimum Gasteiger partial charge on any atom is -0.325 e. The highest BCUT2D eigenvalue weighted by Crippen LogP contribution is 2.15. The van der Waals surface area contributed by atoms with Crippen molar-refractivity contribution in [3.05, 3.63) is 65.2 Å². The van der Waals surface area contributed by atoms with Crippen LogP contribution in [0.5, 0.6) is 0 Å². The minimum atomic E-state index is -0.0954. The van der Waals surface area contributed by atoms with Crippen molar-refractivity contribution in [1.82, 2.24) is 0 Å². The van der Waals surface area contributed by atoms with Gasteiger partial charge in [0.1, 0.15) is 0 Å². The topological polar surface area (TPSA) is 70.0 Å². The van der Waals surface area contributed by atoms with Crippen molar-refractivity contribution in [1.29, 1.82) is 5.26 Å². The van der Waals surface area contributed by atoms with Crippen LogP contribution in [-0.2, 0) is 10.5 Å². The van der Waals surface area contributed by atoms with Gasteiger partial charge in [0.05, 0.1) is 17.4 Å². The Labute approximate surface area is 139 Å². The number of nitrogens with one attached hydrogen (secondary N) is 1. The van der Waals surface area contributed by atoms with Gasteiger partial charge in [0, 0.05) is 17.0 Å². The number of hydrogen-bond acceptors (Lipinski definition) is 4. The SMILES string of the molecule is CC(=O)c1ccc(NC(=O)CSCc2cccc(C#N)c2)cc1. The van der Waals surface area contributed by atoms with Gasteiger partial charge in [-0.1, -0.05) is 12.1 Å². The maximum absolute atomic E-state index is 11.9. The summed E-state index contributed by atoms with van der Waals surface area (Å²) in [5.41, 5.74) is 2.94. The number of Topliss-reactive ketones (excluding diaryl/α,β-unsaturated/α-hetero) is 1. The summed E-state index contributed by atoms with van der Waals surface area (Å²) in [4.78, 5) is 23.1. The third-order valence-corrected chi connectivity index (χ3v) is 4.14. The number of rotatable bonds is 6. The number of nitriles is 1. The number of thioether (sulfide) groups is 1. The largest absolute Gasteiger partial charge is 0.325 e. The van der Waals surface area contributed by atoms with Gasteiger partial charge in [0.2, 0.25) is 5.91 Å². The Kier molecular flexibility index (Phi) is 5.95. The van der Waals surface area contributed by atoms with Gasteiger partial charge in [-0.3, -0.25) is 9.59 Å². The molecular formula is C18H16N2O2S. The Morgan fingerprint density at radius 1 is 1.17 bits per heavy atom. The van der Waals surface area contributed by atoms with Crippen LogP contribution in [0.25, 0.3) is 0 Å². The van der Waals surface area contributed by atoms with E-state index in [1.165, 1.54) is 18.7 Å². The molecule has 0 saturated carbocycles. The Hall–Kier alpha value is -2.58. The third kappa shape index (κ3) is 5.28. The summed E-state index contributed by atoms with van der Waals surface area (Å²) in [6.45, 7) is 1.51. The van der Waals surface area contributed by atoms with Gasteiger partial charge in [-0.2, -0.15) is 5.26 Å². The van der Waals surface area contributed by atoms with E-state index in [9.17, 15) is 9.59 Å². The van der Waals surface area contributed by atoms with Crippen molar-refractivity contribution in [3.63, 3.8) is 0 Å². The van der Waals surface area contributed by atoms with Crippen LogP contribution in [0.2, 0.25) is 0 Å². The molecule has 4 nitrogen and oxygen atoms in total. The van der Waals surface area contributed by atoms with Crippen LogP contribution in [0, 0.1) is 11.3 Å². The van der Waals surface area contributed by atoms with E-state index in [0.29, 0.717) is 28.3 Å². The van der Waals surface area contributed by atoms with Crippen molar-refractivity contribution >= 4 is 29.1 Å². The highest BCUT2D eigenvalue weighted by molar-refractivity contribution is 7.99. The molecule has 0 atom stereocenters. The van der Waals surface area contributed by atoms with Crippen molar-refractivity contribution in [3.8, 4) is 6.07 Å². The van der Waals surface area contributed by atoms with E-state index >= 15 is 0 Å². The molecule has 0 spiro atoms. The molecule has 2 aromatic carbocycles. The molecule has 2 rings (SSSR count). The number of amides is 1. The lowest BCUT2D eigenvalue weighted by Gasteiger charge is -2.06. The van der Waals surface area contributed by atoms with E-state index in [2.05, 4.69) is 11.4 Å². The fourth-order valence-electron chi connectivity index (χ4n) is 1.98. The lowest BCUT2D eigenvalue weighted by molar-refractivity contribution is -0.113. The summed E-state index contributed by atoms with van der Waals surface area (Å²) in [6, 6.07) is 16.3. The highest BCUT2D eigenvalue weighted by atomic mass is 32.2. The Balaban J connectivity index is 1.81. The molecular weight excluding hydrogens is 308 g/mol. The molecule has 0 unspecified atom stereocenters. The number of ketones is 1. The van der Waals surface area contributed by atoms with Crippen LogP contribution < -0.4 is 5.32 Å². The molecule has 0 saturated heterocycles. The third-order valence-electron chi connectivity index (χ3n) is 3.13. The molecule has 2 aromatic rings. The molecule has 0 aliphatic carbocycles. The Bertz CT molecular complexity index is 748. The number of nitrogens with zero attached hydrogens (tertiary/aromatic N) is 1. The van der Waals surface area contributed by atoms with Gasteiger partial charge in [-0.25, -0.2) is 0 Å². The molecule has 1 N–H and O–H groups in total. The maximum Gasteiger partial charge on any atom is 0.234 e. The summed E-state index contributed by atoms with van der Waals surface area (Å²) >= 11 is 1.49. The molecule has 116 valence electrons. The molecule has 1 amide bonds. The van der Waals surface area contributed by atoms with Gasteiger partial charge < -0.3 is 5.32 Å². The quantitative estimate of drug-likeness (QED) is 0.824. The monoisotopic (exact) mass is 324 g/mol. The van der Waals surface area contributed by atoms with Gasteiger partial charge in [-0.05, 0) is 48.9 Å². The minimum absolute atomic E-state index is 0.00182. The van der Waals surface area contributed by atoms with E-state index in [1.807, 2.05) is 18.2 Å². The summed E-state index contributed by atoms with van der Waals surface area (Å²) in [5.74, 6) is 0.900. The van der Waals surface area contributed by atoms with E-state index in [-0.39, 0.29) is 11.7 Å². The zero-order chi connectivity index (χ0) is 16.7. The normalized spacial score (nSPS) is 9.91. The highest BCUT2D eigenvalue weighted by Gasteiger charge is 2.05. The summed E-state index contributed by atoms with van der Waals surface area (Å²) in [5, 5.41) is 11.6. The second kappa shape index (κ2) is 8.16. The van der Waals surface area contributed by atoms with Crippen LogP contribution >= 0.6 is 11.8 Å². The Morgan fingerprint density at radius 2 is 1.91 bits per heavy atom. The van der Waals surface area contributed by atoms with E-state index in [1.54, 1.807) is 30.3 Å². The van der Waals surface area contributed by atoms with E-state index in [0.717, 1.165) is 5.56 Å². The summed E-state index contributed by atoms with van der Waals surface area (Å²) in [7, 11) is 0. The van der Waals surface area contributed by atoms with Crippen LogP contribution in [0.3, 0.4) is 0 Å². The van der Waals surface area contributed by atoms with Crippen molar-refractivity contribution in [2.75, 3.05) is 11.1 Å². The van der Waals surface area contributed by atoms with Gasteiger partial charge >= 0.3 is 0 Å². The van der Waals surface area contributed by atoms with Gasteiger partial charge in [0.15, 0.2) is 5.78 Å². The predicted octanol–water partition coefficient (Wildman–Crippen LogP) is 3.63. The summed E-state index contributed by atoms with van der Waals surface area (Å²) < 4.78 is 0. The molecule has 5 heteroatoms. The number of anilines is 1. The first-order valence-electron chi connectivity index (χ1n) is 7.06. The van der Waals surface area contributed by atoms with Crippen LogP contribution in [0.15, 0.2) is 48.5 Å². The molecule has 0 aliphatic rings. The van der Waals surface area contributed by atoms with Crippen LogP contribution in [0.4, 0.5) is 5.69 Å². The summed E-state index contributed by atoms with van der Waals surface area (Å²) in [6.07, 6.45) is 0. The van der Waals surface area contributed by atoms with Crippen LogP contribution in [-0.4, -0.2) is 17.4 Å². The van der Waals surface area contributed by atoms with E-state index in [4.69, 9.17) is 5.26 Å². The number of hydrogen-bond donors (Lipinski definition) is 1. The van der Waals surface area contributed by atoms with Gasteiger partial charge in [-0.15, -0.1) is 11.8 Å². The second-order valence-electron chi connectivity index (χ2n) is 4.99. The average molecular weight is 324 g/mol. The lowest BCUT2D eigenvalue weighted by atomic mass is 10.1. The first-order chi connectivity index (χ1) is 11.1. The van der Waals surface area contributed by atoms with Crippen molar-refractivity contribution < 1.29 is 9.59 Å². The maximum atomic E-state index is 11.9. The molecule has 0 aromatic heterocycles. The zero-order valence-electron chi connectivity index (χ0n) is 12.7. The first-order valence-corrected chi connectivity index (χ1v) is 8.21. The number of carbonyl (C=O) groups is 2. The van der Waals surface area contributed by atoms with E-state index < -0.39 is 0 Å². The van der Waals surface area contributed by atoms with Crippen LogP contribution in [0.1, 0.15) is 28.4 Å². The number of benzene rings is 2. The molecule has 0 radical (unpaired) electrons. The Morgan fingerprint density at radius 3 is 2.57 bits per heavy atom.